The summed E-state index contributed by atoms with van der Waals surface area (Å²) in [5, 5.41) is 5.83. The third kappa shape index (κ3) is 5.61. The second-order valence-electron chi connectivity index (χ2n) is 7.80. The number of aryl methyl sites for hydroxylation is 1. The van der Waals surface area contributed by atoms with E-state index in [2.05, 4.69) is 20.6 Å². The first kappa shape index (κ1) is 24.1. The highest BCUT2D eigenvalue weighted by atomic mass is 19.1. The molecule has 8 nitrogen and oxygen atoms in total. The van der Waals surface area contributed by atoms with Crippen LogP contribution in [0, 0.1) is 12.7 Å². The number of nitrogens with one attached hydrogen (secondary N) is 2. The van der Waals surface area contributed by atoms with Crippen LogP contribution in [0.4, 0.5) is 10.3 Å². The van der Waals surface area contributed by atoms with E-state index < -0.39 is 23.7 Å². The standard InChI is InChI=1S/C24H29FN6O2/c1-16-13-20(18-9-6-5-7-10-18)21(30(16)4)22(32)23(33)29-17(2)31(12-8-11-26-3)24-27-14-19(25)15-28-24/h5-7,9-10,13-15,17,26H,8,11-12H2,1-4H3,(H,29,33). The zero-order valence-electron chi connectivity index (χ0n) is 19.3. The summed E-state index contributed by atoms with van der Waals surface area (Å²) in [6.45, 7) is 4.87. The van der Waals surface area contributed by atoms with Gasteiger partial charge in [0.25, 0.3) is 11.7 Å². The first-order valence-corrected chi connectivity index (χ1v) is 10.8. The molecule has 33 heavy (non-hydrogen) atoms. The number of carbonyl (C=O) groups is 2. The lowest BCUT2D eigenvalue weighted by atomic mass is 10.0. The molecule has 0 saturated carbocycles. The third-order valence-electron chi connectivity index (χ3n) is 5.48. The number of rotatable bonds is 10. The average Bonchev–Trinajstić information content (AvgIpc) is 3.11. The molecular weight excluding hydrogens is 423 g/mol. The van der Waals surface area contributed by atoms with Crippen LogP contribution in [-0.4, -0.2) is 52.5 Å². The van der Waals surface area contributed by atoms with Crippen molar-refractivity contribution in [2.24, 2.45) is 7.05 Å². The molecular formula is C24H29FN6O2. The molecule has 9 heteroatoms. The third-order valence-corrected chi connectivity index (χ3v) is 5.48. The monoisotopic (exact) mass is 452 g/mol. The van der Waals surface area contributed by atoms with Gasteiger partial charge >= 0.3 is 0 Å². The predicted molar refractivity (Wildman–Crippen MR) is 125 cm³/mol. The average molecular weight is 453 g/mol. The van der Waals surface area contributed by atoms with E-state index in [1.165, 1.54) is 0 Å². The summed E-state index contributed by atoms with van der Waals surface area (Å²) in [6, 6.07) is 11.4. The Bertz CT molecular complexity index is 1100. The summed E-state index contributed by atoms with van der Waals surface area (Å²) in [5.41, 5.74) is 2.75. The molecule has 3 aromatic rings. The van der Waals surface area contributed by atoms with Crippen molar-refractivity contribution in [2.45, 2.75) is 26.4 Å². The Morgan fingerprint density at radius 3 is 2.48 bits per heavy atom. The Hall–Kier alpha value is -3.59. The predicted octanol–water partition coefficient (Wildman–Crippen LogP) is 2.69. The minimum atomic E-state index is -0.735. The van der Waals surface area contributed by atoms with Crippen molar-refractivity contribution in [2.75, 3.05) is 25.0 Å². The topological polar surface area (TPSA) is 92.2 Å². The molecule has 0 aliphatic carbocycles. The number of ketones is 1. The zero-order valence-corrected chi connectivity index (χ0v) is 19.3. The van der Waals surface area contributed by atoms with Crippen LogP contribution in [0.3, 0.4) is 0 Å². The minimum Gasteiger partial charge on any atom is -0.345 e. The highest BCUT2D eigenvalue weighted by molar-refractivity contribution is 6.43. The van der Waals surface area contributed by atoms with E-state index in [1.54, 1.807) is 23.4 Å². The van der Waals surface area contributed by atoms with Gasteiger partial charge < -0.3 is 20.1 Å². The molecule has 174 valence electrons. The molecule has 1 aromatic carbocycles. The number of aromatic nitrogens is 3. The van der Waals surface area contributed by atoms with Crippen molar-refractivity contribution >= 4 is 17.6 Å². The number of anilines is 1. The van der Waals surface area contributed by atoms with Gasteiger partial charge in [-0.1, -0.05) is 30.3 Å². The molecule has 0 aliphatic rings. The van der Waals surface area contributed by atoms with Crippen LogP contribution in [0.25, 0.3) is 11.1 Å². The van der Waals surface area contributed by atoms with E-state index in [1.807, 2.05) is 50.4 Å². The summed E-state index contributed by atoms with van der Waals surface area (Å²) in [4.78, 5) is 36.0. The smallest absolute Gasteiger partial charge is 0.295 e. The second-order valence-corrected chi connectivity index (χ2v) is 7.80. The summed E-state index contributed by atoms with van der Waals surface area (Å²) >= 11 is 0. The lowest BCUT2D eigenvalue weighted by molar-refractivity contribution is -0.117. The fraction of sp³-hybridized carbons (Fsp3) is 0.333. The van der Waals surface area contributed by atoms with Crippen LogP contribution in [0.2, 0.25) is 0 Å². The summed E-state index contributed by atoms with van der Waals surface area (Å²) in [5.74, 6) is -1.64. The van der Waals surface area contributed by atoms with Gasteiger partial charge in [-0.3, -0.25) is 9.59 Å². The van der Waals surface area contributed by atoms with Gasteiger partial charge in [0.1, 0.15) is 11.9 Å². The summed E-state index contributed by atoms with van der Waals surface area (Å²) in [7, 11) is 3.61. The SMILES string of the molecule is CNCCCN(c1ncc(F)cn1)C(C)NC(=O)C(=O)c1c(-c2ccccc2)cc(C)n1C. The Morgan fingerprint density at radius 1 is 1.18 bits per heavy atom. The van der Waals surface area contributed by atoms with Crippen LogP contribution in [0.5, 0.6) is 0 Å². The molecule has 1 unspecified atom stereocenters. The maximum atomic E-state index is 13.3. The minimum absolute atomic E-state index is 0.271. The first-order chi connectivity index (χ1) is 15.8. The first-order valence-electron chi connectivity index (χ1n) is 10.8. The number of Topliss-reactive ketones (excluding diaryl/α,β-unsaturated/α-hetero) is 1. The van der Waals surface area contributed by atoms with Crippen LogP contribution >= 0.6 is 0 Å². The Kier molecular flexibility index (Phi) is 7.89. The van der Waals surface area contributed by atoms with Crippen LogP contribution < -0.4 is 15.5 Å². The Balaban J connectivity index is 1.83. The molecule has 1 amide bonds. The highest BCUT2D eigenvalue weighted by Gasteiger charge is 2.27. The Labute approximate surface area is 192 Å². The number of carbonyl (C=O) groups excluding carboxylic acids is 2. The van der Waals surface area contributed by atoms with Gasteiger partial charge in [-0.15, -0.1) is 0 Å². The van der Waals surface area contributed by atoms with Crippen molar-refractivity contribution in [3.05, 3.63) is 66.0 Å². The number of halogens is 1. The lowest BCUT2D eigenvalue weighted by Gasteiger charge is -2.29. The van der Waals surface area contributed by atoms with Gasteiger partial charge in [-0.05, 0) is 45.5 Å². The molecule has 1 atom stereocenters. The van der Waals surface area contributed by atoms with Gasteiger partial charge in [0.05, 0.1) is 12.4 Å². The van der Waals surface area contributed by atoms with E-state index in [-0.39, 0.29) is 5.95 Å². The van der Waals surface area contributed by atoms with Gasteiger partial charge in [0.2, 0.25) is 5.95 Å². The highest BCUT2D eigenvalue weighted by Crippen LogP contribution is 2.27. The van der Waals surface area contributed by atoms with Crippen molar-refractivity contribution in [1.82, 2.24) is 25.2 Å². The van der Waals surface area contributed by atoms with Crippen molar-refractivity contribution in [3.63, 3.8) is 0 Å². The van der Waals surface area contributed by atoms with Gasteiger partial charge in [-0.25, -0.2) is 14.4 Å². The summed E-state index contributed by atoms with van der Waals surface area (Å²) in [6.07, 6.45) is 2.30. The number of hydrogen-bond donors (Lipinski definition) is 2. The van der Waals surface area contributed by atoms with E-state index in [0.29, 0.717) is 17.8 Å². The number of amides is 1. The van der Waals surface area contributed by atoms with Crippen molar-refractivity contribution in [3.8, 4) is 11.1 Å². The van der Waals surface area contributed by atoms with Gasteiger partial charge in [-0.2, -0.15) is 0 Å². The molecule has 0 aliphatic heterocycles. The molecule has 0 fully saturated rings. The van der Waals surface area contributed by atoms with Gasteiger partial charge in [0, 0.05) is 24.8 Å². The van der Waals surface area contributed by atoms with Gasteiger partial charge in [0.15, 0.2) is 5.82 Å². The van der Waals surface area contributed by atoms with E-state index >= 15 is 0 Å². The van der Waals surface area contributed by atoms with E-state index in [9.17, 15) is 14.0 Å². The number of nitrogens with zero attached hydrogens (tertiary/aromatic N) is 4. The zero-order chi connectivity index (χ0) is 24.0. The van der Waals surface area contributed by atoms with Crippen molar-refractivity contribution < 1.29 is 14.0 Å². The molecule has 0 bridgehead atoms. The molecule has 3 rings (SSSR count). The fourth-order valence-electron chi connectivity index (χ4n) is 3.63. The normalized spacial score (nSPS) is 11.8. The molecule has 0 saturated heterocycles. The maximum Gasteiger partial charge on any atom is 0.295 e. The molecule has 2 N–H and O–H groups in total. The largest absolute Gasteiger partial charge is 0.345 e. The molecule has 2 heterocycles. The molecule has 0 radical (unpaired) electrons. The van der Waals surface area contributed by atoms with Crippen LogP contribution in [0.15, 0.2) is 48.8 Å². The number of benzene rings is 1. The quantitative estimate of drug-likeness (QED) is 0.213. The van der Waals surface area contributed by atoms with Crippen LogP contribution in [0.1, 0.15) is 29.5 Å². The fourth-order valence-corrected chi connectivity index (χ4v) is 3.63. The summed E-state index contributed by atoms with van der Waals surface area (Å²) < 4.78 is 15.0. The number of hydrogen-bond acceptors (Lipinski definition) is 6. The Morgan fingerprint density at radius 2 is 1.85 bits per heavy atom. The van der Waals surface area contributed by atoms with Crippen molar-refractivity contribution in [1.29, 1.82) is 0 Å². The maximum absolute atomic E-state index is 13.3. The second kappa shape index (κ2) is 10.8. The van der Waals surface area contributed by atoms with Crippen LogP contribution in [-0.2, 0) is 11.8 Å². The van der Waals surface area contributed by atoms with E-state index in [4.69, 9.17) is 0 Å². The lowest BCUT2D eigenvalue weighted by Crippen LogP contribution is -2.50. The molecule has 2 aromatic heterocycles. The molecule has 0 spiro atoms. The van der Waals surface area contributed by atoms with E-state index in [0.717, 1.165) is 36.6 Å².